The minimum Gasteiger partial charge on any atom is -0.444 e. The van der Waals surface area contributed by atoms with E-state index in [4.69, 9.17) is 4.74 Å². The molecule has 0 radical (unpaired) electrons. The van der Waals surface area contributed by atoms with Gasteiger partial charge in [-0.15, -0.1) is 11.3 Å². The molecule has 0 saturated carbocycles. The van der Waals surface area contributed by atoms with Crippen molar-refractivity contribution >= 4 is 23.3 Å². The Kier molecular flexibility index (Phi) is 8.41. The van der Waals surface area contributed by atoms with Crippen LogP contribution in [0.2, 0.25) is 0 Å². The van der Waals surface area contributed by atoms with Crippen LogP contribution in [0, 0.1) is 0 Å². The SMILES string of the molecule is CC(C)(C)OC(=O)N1CCC(c2nc(C(=O)NCCC(c3ccccc3)c3ccccc3)cs2)CC1. The number of hydrogen-bond acceptors (Lipinski definition) is 5. The van der Waals surface area contributed by atoms with E-state index in [-0.39, 0.29) is 23.8 Å². The van der Waals surface area contributed by atoms with Crippen molar-refractivity contribution in [2.45, 2.75) is 57.5 Å². The Bertz CT molecular complexity index is 1090. The van der Waals surface area contributed by atoms with Crippen molar-refractivity contribution in [3.63, 3.8) is 0 Å². The van der Waals surface area contributed by atoms with Crippen LogP contribution < -0.4 is 5.32 Å². The summed E-state index contributed by atoms with van der Waals surface area (Å²) in [5.41, 5.74) is 2.46. The van der Waals surface area contributed by atoms with Crippen molar-refractivity contribution in [3.8, 4) is 0 Å². The van der Waals surface area contributed by atoms with Crippen LogP contribution in [0.4, 0.5) is 4.79 Å². The van der Waals surface area contributed by atoms with Gasteiger partial charge in [-0.25, -0.2) is 9.78 Å². The number of ether oxygens (including phenoxy) is 1. The van der Waals surface area contributed by atoms with Gasteiger partial charge in [0.05, 0.1) is 5.01 Å². The molecule has 2 heterocycles. The zero-order valence-electron chi connectivity index (χ0n) is 21.3. The second-order valence-corrected chi connectivity index (χ2v) is 11.1. The zero-order valence-corrected chi connectivity index (χ0v) is 22.1. The van der Waals surface area contributed by atoms with Crippen LogP contribution in [0.3, 0.4) is 0 Å². The monoisotopic (exact) mass is 505 g/mol. The molecular weight excluding hydrogens is 470 g/mol. The smallest absolute Gasteiger partial charge is 0.410 e. The van der Waals surface area contributed by atoms with Crippen LogP contribution in [-0.2, 0) is 4.74 Å². The van der Waals surface area contributed by atoms with Crippen molar-refractivity contribution in [3.05, 3.63) is 87.9 Å². The van der Waals surface area contributed by atoms with E-state index in [9.17, 15) is 9.59 Å². The van der Waals surface area contributed by atoms with E-state index in [1.54, 1.807) is 4.90 Å². The van der Waals surface area contributed by atoms with Gasteiger partial charge in [0.2, 0.25) is 0 Å². The number of hydrogen-bond donors (Lipinski definition) is 1. The third-order valence-electron chi connectivity index (χ3n) is 6.37. The van der Waals surface area contributed by atoms with Gasteiger partial charge >= 0.3 is 6.09 Å². The average molecular weight is 506 g/mol. The summed E-state index contributed by atoms with van der Waals surface area (Å²) in [7, 11) is 0. The molecule has 1 aliphatic heterocycles. The number of aromatic nitrogens is 1. The van der Waals surface area contributed by atoms with E-state index in [0.29, 0.717) is 25.3 Å². The fourth-order valence-electron chi connectivity index (χ4n) is 4.53. The Hall–Kier alpha value is -3.19. The molecule has 2 aromatic carbocycles. The number of piperidine rings is 1. The number of nitrogens with one attached hydrogen (secondary N) is 1. The van der Waals surface area contributed by atoms with Crippen molar-refractivity contribution < 1.29 is 14.3 Å². The highest BCUT2D eigenvalue weighted by Crippen LogP contribution is 2.31. The molecule has 6 nitrogen and oxygen atoms in total. The lowest BCUT2D eigenvalue weighted by atomic mass is 9.88. The number of likely N-dealkylation sites (tertiary alicyclic amines) is 1. The van der Waals surface area contributed by atoms with Gasteiger partial charge in [-0.05, 0) is 51.2 Å². The molecule has 4 rings (SSSR count). The van der Waals surface area contributed by atoms with E-state index in [1.807, 2.05) is 38.3 Å². The average Bonchev–Trinajstić information content (AvgIpc) is 3.37. The van der Waals surface area contributed by atoms with Gasteiger partial charge in [0, 0.05) is 36.9 Å². The second-order valence-electron chi connectivity index (χ2n) is 10.2. The number of rotatable bonds is 7. The predicted octanol–water partition coefficient (Wildman–Crippen LogP) is 6.21. The molecule has 1 fully saturated rings. The molecule has 0 aliphatic carbocycles. The zero-order chi connectivity index (χ0) is 25.5. The normalized spacial score (nSPS) is 14.6. The lowest BCUT2D eigenvalue weighted by Gasteiger charge is -2.32. The first-order valence-electron chi connectivity index (χ1n) is 12.6. The minimum absolute atomic E-state index is 0.136. The van der Waals surface area contributed by atoms with E-state index in [1.165, 1.54) is 22.5 Å². The van der Waals surface area contributed by atoms with Crippen LogP contribution >= 0.6 is 11.3 Å². The van der Waals surface area contributed by atoms with Crippen molar-refractivity contribution in [2.24, 2.45) is 0 Å². The highest BCUT2D eigenvalue weighted by Gasteiger charge is 2.29. The fraction of sp³-hybridized carbons (Fsp3) is 0.414. The maximum Gasteiger partial charge on any atom is 0.410 e. The summed E-state index contributed by atoms with van der Waals surface area (Å²) in [6.45, 7) is 7.48. The third-order valence-corrected chi connectivity index (χ3v) is 7.38. The third kappa shape index (κ3) is 6.94. The maximum absolute atomic E-state index is 12.8. The molecule has 1 aromatic heterocycles. The first-order chi connectivity index (χ1) is 17.3. The molecule has 0 atom stereocenters. The number of carbonyl (C=O) groups excluding carboxylic acids is 2. The molecule has 1 N–H and O–H groups in total. The van der Waals surface area contributed by atoms with Gasteiger partial charge in [-0.3, -0.25) is 4.79 Å². The first-order valence-corrected chi connectivity index (χ1v) is 13.5. The van der Waals surface area contributed by atoms with E-state index in [2.05, 4.69) is 58.8 Å². The predicted molar refractivity (Wildman–Crippen MR) is 144 cm³/mol. The summed E-state index contributed by atoms with van der Waals surface area (Å²) in [6, 6.07) is 20.8. The van der Waals surface area contributed by atoms with Gasteiger partial charge in [-0.1, -0.05) is 60.7 Å². The molecule has 2 amide bonds. The second kappa shape index (κ2) is 11.7. The number of carbonyl (C=O) groups is 2. The molecule has 1 saturated heterocycles. The Morgan fingerprint density at radius 1 is 1.03 bits per heavy atom. The summed E-state index contributed by atoms with van der Waals surface area (Å²) in [4.78, 5) is 31.6. The Morgan fingerprint density at radius 2 is 1.61 bits per heavy atom. The van der Waals surface area contributed by atoms with Crippen molar-refractivity contribution in [2.75, 3.05) is 19.6 Å². The molecule has 0 bridgehead atoms. The Balaban J connectivity index is 1.30. The van der Waals surface area contributed by atoms with Crippen LogP contribution in [-0.4, -0.2) is 47.1 Å². The maximum atomic E-state index is 12.8. The van der Waals surface area contributed by atoms with E-state index in [0.717, 1.165) is 24.3 Å². The molecule has 7 heteroatoms. The summed E-state index contributed by atoms with van der Waals surface area (Å²) >= 11 is 1.53. The number of amides is 2. The van der Waals surface area contributed by atoms with Gasteiger partial charge in [0.25, 0.3) is 5.91 Å². The lowest BCUT2D eigenvalue weighted by molar-refractivity contribution is 0.0204. The molecule has 190 valence electrons. The van der Waals surface area contributed by atoms with Gasteiger partial charge < -0.3 is 15.0 Å². The van der Waals surface area contributed by atoms with Crippen LogP contribution in [0.15, 0.2) is 66.0 Å². The van der Waals surface area contributed by atoms with Gasteiger partial charge in [-0.2, -0.15) is 0 Å². The Labute approximate surface area is 217 Å². The number of thiazole rings is 1. The summed E-state index contributed by atoms with van der Waals surface area (Å²) in [5, 5.41) is 5.88. The van der Waals surface area contributed by atoms with Gasteiger partial charge in [0.15, 0.2) is 0 Å². The molecule has 3 aromatic rings. The highest BCUT2D eigenvalue weighted by molar-refractivity contribution is 7.09. The van der Waals surface area contributed by atoms with E-state index >= 15 is 0 Å². The number of nitrogens with zero attached hydrogens (tertiary/aromatic N) is 2. The first kappa shape index (κ1) is 25.9. The van der Waals surface area contributed by atoms with Crippen LogP contribution in [0.5, 0.6) is 0 Å². The Morgan fingerprint density at radius 3 is 2.17 bits per heavy atom. The highest BCUT2D eigenvalue weighted by atomic mass is 32.1. The van der Waals surface area contributed by atoms with Crippen LogP contribution in [0.1, 0.15) is 78.5 Å². The molecular formula is C29H35N3O3S. The molecule has 1 aliphatic rings. The van der Waals surface area contributed by atoms with Crippen LogP contribution in [0.25, 0.3) is 0 Å². The largest absolute Gasteiger partial charge is 0.444 e. The van der Waals surface area contributed by atoms with Crippen molar-refractivity contribution in [1.29, 1.82) is 0 Å². The van der Waals surface area contributed by atoms with Gasteiger partial charge in [0.1, 0.15) is 11.3 Å². The number of benzene rings is 2. The standard InChI is InChI=1S/C29H35N3O3S/c1-29(2,3)35-28(34)32-18-15-23(16-19-32)27-31-25(20-36-27)26(33)30-17-14-24(21-10-6-4-7-11-21)22-12-8-5-9-13-22/h4-13,20,23-24H,14-19H2,1-3H3,(H,30,33). The molecule has 0 spiro atoms. The summed E-state index contributed by atoms with van der Waals surface area (Å²) in [5.74, 6) is 0.341. The molecule has 0 unspecified atom stereocenters. The lowest BCUT2D eigenvalue weighted by Crippen LogP contribution is -2.41. The summed E-state index contributed by atoms with van der Waals surface area (Å²) in [6.07, 6.45) is 2.19. The summed E-state index contributed by atoms with van der Waals surface area (Å²) < 4.78 is 5.49. The molecule has 36 heavy (non-hydrogen) atoms. The fourth-order valence-corrected chi connectivity index (χ4v) is 5.50. The van der Waals surface area contributed by atoms with Crippen molar-refractivity contribution in [1.82, 2.24) is 15.2 Å². The van der Waals surface area contributed by atoms with E-state index < -0.39 is 5.60 Å². The topological polar surface area (TPSA) is 71.5 Å². The minimum atomic E-state index is -0.492. The quantitative estimate of drug-likeness (QED) is 0.414.